The molecule has 4 rings (SSSR count). The number of hydrogen-bond acceptors (Lipinski definition) is 6. The van der Waals surface area contributed by atoms with E-state index in [2.05, 4.69) is 19.9 Å². The number of benzene rings is 1. The van der Waals surface area contributed by atoms with Crippen molar-refractivity contribution < 1.29 is 10.2 Å². The van der Waals surface area contributed by atoms with Crippen LogP contribution in [-0.4, -0.2) is 36.6 Å². The highest BCUT2D eigenvalue weighted by Crippen LogP contribution is 2.29. The fourth-order valence-corrected chi connectivity index (χ4v) is 3.46. The quantitative estimate of drug-likeness (QED) is 0.658. The van der Waals surface area contributed by atoms with Crippen molar-refractivity contribution in [1.82, 2.24) is 19.9 Å². The molecule has 138 valence electrons. The number of aromatic amines is 1. The van der Waals surface area contributed by atoms with Gasteiger partial charge in [-0.3, -0.25) is 14.7 Å². The van der Waals surface area contributed by atoms with Crippen LogP contribution in [0.4, 0.5) is 0 Å². The van der Waals surface area contributed by atoms with E-state index in [1.54, 1.807) is 18.5 Å². The number of fused-ring (bicyclic) bond motifs is 1. The standard InChI is InChI=1S/C20H20N4O3/c1-12-7-14(25)8-18(26)15(12)10-24-6-4-17-16(11-24)20(27)23-19(22-17)13-3-2-5-21-9-13/h2-3,5,7-9,25-26H,4,6,10-11H2,1H3,(H,22,23,27). The molecule has 7 nitrogen and oxygen atoms in total. The van der Waals surface area contributed by atoms with Crippen molar-refractivity contribution in [2.75, 3.05) is 6.54 Å². The summed E-state index contributed by atoms with van der Waals surface area (Å²) in [6.45, 7) is 3.54. The number of hydrogen-bond donors (Lipinski definition) is 3. The number of rotatable bonds is 3. The Morgan fingerprint density at radius 3 is 2.89 bits per heavy atom. The average Bonchev–Trinajstić information content (AvgIpc) is 2.65. The molecule has 0 amide bonds. The zero-order valence-electron chi connectivity index (χ0n) is 14.9. The second-order valence-electron chi connectivity index (χ2n) is 6.80. The van der Waals surface area contributed by atoms with Gasteiger partial charge in [0.2, 0.25) is 0 Å². The molecule has 3 aromatic rings. The van der Waals surface area contributed by atoms with E-state index in [-0.39, 0.29) is 17.1 Å². The van der Waals surface area contributed by atoms with Gasteiger partial charge in [-0.2, -0.15) is 0 Å². The van der Waals surface area contributed by atoms with Gasteiger partial charge in [-0.25, -0.2) is 4.98 Å². The van der Waals surface area contributed by atoms with E-state index in [1.807, 2.05) is 19.1 Å². The highest BCUT2D eigenvalue weighted by Gasteiger charge is 2.23. The topological polar surface area (TPSA) is 102 Å². The predicted octanol–water partition coefficient (Wildman–Crippen LogP) is 2.11. The summed E-state index contributed by atoms with van der Waals surface area (Å²) in [7, 11) is 0. The molecule has 0 aliphatic carbocycles. The van der Waals surface area contributed by atoms with Crippen LogP contribution >= 0.6 is 0 Å². The van der Waals surface area contributed by atoms with Crippen molar-refractivity contribution in [3.05, 3.63) is 69.4 Å². The third-order valence-electron chi connectivity index (χ3n) is 4.90. The van der Waals surface area contributed by atoms with Gasteiger partial charge in [0.25, 0.3) is 5.56 Å². The summed E-state index contributed by atoms with van der Waals surface area (Å²) in [6, 6.07) is 6.64. The summed E-state index contributed by atoms with van der Waals surface area (Å²) in [6.07, 6.45) is 4.01. The molecule has 0 saturated heterocycles. The van der Waals surface area contributed by atoms with Crippen LogP contribution in [0.25, 0.3) is 11.4 Å². The first-order valence-corrected chi connectivity index (χ1v) is 8.77. The van der Waals surface area contributed by atoms with Gasteiger partial charge in [-0.15, -0.1) is 0 Å². The molecule has 0 radical (unpaired) electrons. The molecule has 1 aliphatic heterocycles. The summed E-state index contributed by atoms with van der Waals surface area (Å²) in [5, 5.41) is 19.7. The van der Waals surface area contributed by atoms with Gasteiger partial charge in [-0.1, -0.05) is 0 Å². The Bertz CT molecular complexity index is 1020. The van der Waals surface area contributed by atoms with Gasteiger partial charge < -0.3 is 15.2 Å². The van der Waals surface area contributed by atoms with Crippen LogP contribution in [0.5, 0.6) is 11.5 Å². The van der Waals surface area contributed by atoms with E-state index >= 15 is 0 Å². The Balaban J connectivity index is 1.60. The largest absolute Gasteiger partial charge is 0.508 e. The summed E-state index contributed by atoms with van der Waals surface area (Å²) in [5.74, 6) is 0.644. The minimum absolute atomic E-state index is 0.0429. The monoisotopic (exact) mass is 364 g/mol. The van der Waals surface area contributed by atoms with Crippen molar-refractivity contribution in [3.63, 3.8) is 0 Å². The Kier molecular flexibility index (Phi) is 4.37. The fourth-order valence-electron chi connectivity index (χ4n) is 3.46. The second-order valence-corrected chi connectivity index (χ2v) is 6.80. The zero-order chi connectivity index (χ0) is 19.0. The molecule has 0 atom stereocenters. The van der Waals surface area contributed by atoms with E-state index in [0.29, 0.717) is 30.9 Å². The number of aromatic hydroxyl groups is 2. The molecule has 1 aliphatic rings. The molecule has 1 aromatic carbocycles. The molecule has 0 spiro atoms. The number of phenolic OH excluding ortho intramolecular Hbond substituents is 2. The average molecular weight is 364 g/mol. The Hall–Kier alpha value is -3.19. The lowest BCUT2D eigenvalue weighted by molar-refractivity contribution is 0.238. The first-order chi connectivity index (χ1) is 13.0. The van der Waals surface area contributed by atoms with Crippen LogP contribution in [-0.2, 0) is 19.5 Å². The maximum atomic E-state index is 12.6. The van der Waals surface area contributed by atoms with Crippen LogP contribution in [0.3, 0.4) is 0 Å². The Morgan fingerprint density at radius 2 is 2.15 bits per heavy atom. The molecule has 3 N–H and O–H groups in total. The number of H-pyrrole nitrogens is 1. The maximum Gasteiger partial charge on any atom is 0.255 e. The third kappa shape index (κ3) is 3.41. The minimum Gasteiger partial charge on any atom is -0.508 e. The van der Waals surface area contributed by atoms with E-state index < -0.39 is 0 Å². The van der Waals surface area contributed by atoms with Gasteiger partial charge in [0, 0.05) is 55.6 Å². The normalized spacial score (nSPS) is 14.1. The first-order valence-electron chi connectivity index (χ1n) is 8.77. The highest BCUT2D eigenvalue weighted by atomic mass is 16.3. The van der Waals surface area contributed by atoms with Crippen molar-refractivity contribution >= 4 is 0 Å². The lowest BCUT2D eigenvalue weighted by atomic mass is 10.0. The number of pyridine rings is 1. The van der Waals surface area contributed by atoms with Gasteiger partial charge in [0.1, 0.15) is 17.3 Å². The Morgan fingerprint density at radius 1 is 1.30 bits per heavy atom. The van der Waals surface area contributed by atoms with Crippen LogP contribution < -0.4 is 5.56 Å². The molecular formula is C20H20N4O3. The maximum absolute atomic E-state index is 12.6. The smallest absolute Gasteiger partial charge is 0.255 e. The molecule has 27 heavy (non-hydrogen) atoms. The van der Waals surface area contributed by atoms with Crippen molar-refractivity contribution in [2.24, 2.45) is 0 Å². The van der Waals surface area contributed by atoms with Crippen molar-refractivity contribution in [2.45, 2.75) is 26.4 Å². The highest BCUT2D eigenvalue weighted by molar-refractivity contribution is 5.53. The van der Waals surface area contributed by atoms with E-state index in [0.717, 1.165) is 28.9 Å². The summed E-state index contributed by atoms with van der Waals surface area (Å²) < 4.78 is 0. The lowest BCUT2D eigenvalue weighted by Crippen LogP contribution is -2.35. The molecule has 0 fully saturated rings. The summed E-state index contributed by atoms with van der Waals surface area (Å²) in [4.78, 5) is 26.3. The van der Waals surface area contributed by atoms with Crippen molar-refractivity contribution in [1.29, 1.82) is 0 Å². The molecular weight excluding hydrogens is 344 g/mol. The van der Waals surface area contributed by atoms with Gasteiger partial charge >= 0.3 is 0 Å². The number of aryl methyl sites for hydroxylation is 1. The fraction of sp³-hybridized carbons (Fsp3) is 0.250. The molecule has 0 saturated carbocycles. The van der Waals surface area contributed by atoms with Gasteiger partial charge in [0.05, 0.1) is 11.3 Å². The first kappa shape index (κ1) is 17.2. The summed E-state index contributed by atoms with van der Waals surface area (Å²) >= 11 is 0. The van der Waals surface area contributed by atoms with Crippen molar-refractivity contribution in [3.8, 4) is 22.9 Å². The molecule has 2 aromatic heterocycles. The van der Waals surface area contributed by atoms with Crippen LogP contribution in [0.2, 0.25) is 0 Å². The number of nitrogens with zero attached hydrogens (tertiary/aromatic N) is 3. The number of phenols is 2. The minimum atomic E-state index is -0.143. The van der Waals surface area contributed by atoms with E-state index in [4.69, 9.17) is 0 Å². The van der Waals surface area contributed by atoms with Gasteiger partial charge in [-0.05, 0) is 30.7 Å². The van der Waals surface area contributed by atoms with Crippen LogP contribution in [0, 0.1) is 6.92 Å². The number of aromatic nitrogens is 3. The molecule has 0 unspecified atom stereocenters. The van der Waals surface area contributed by atoms with E-state index in [1.165, 1.54) is 6.07 Å². The lowest BCUT2D eigenvalue weighted by Gasteiger charge is -2.28. The SMILES string of the molecule is Cc1cc(O)cc(O)c1CN1CCc2nc(-c3cccnc3)[nH]c(=O)c2C1. The van der Waals surface area contributed by atoms with E-state index in [9.17, 15) is 15.0 Å². The second kappa shape index (κ2) is 6.85. The Labute approximate surface area is 156 Å². The third-order valence-corrected chi connectivity index (χ3v) is 4.90. The zero-order valence-corrected chi connectivity index (χ0v) is 14.9. The summed E-state index contributed by atoms with van der Waals surface area (Å²) in [5.41, 5.74) is 3.68. The van der Waals surface area contributed by atoms with Crippen LogP contribution in [0.15, 0.2) is 41.5 Å². The van der Waals surface area contributed by atoms with Gasteiger partial charge in [0.15, 0.2) is 0 Å². The molecule has 3 heterocycles. The number of nitrogens with one attached hydrogen (secondary N) is 1. The van der Waals surface area contributed by atoms with Crippen LogP contribution in [0.1, 0.15) is 22.4 Å². The molecule has 0 bridgehead atoms. The predicted molar refractivity (Wildman–Crippen MR) is 100 cm³/mol. The molecule has 7 heteroatoms.